The predicted molar refractivity (Wildman–Crippen MR) is 72.2 cm³/mol. The van der Waals surface area contributed by atoms with Crippen molar-refractivity contribution in [3.05, 3.63) is 29.8 Å². The van der Waals surface area contributed by atoms with Gasteiger partial charge in [-0.15, -0.1) is 0 Å². The van der Waals surface area contributed by atoms with Gasteiger partial charge in [0.25, 0.3) is 0 Å². The van der Waals surface area contributed by atoms with Crippen LogP contribution in [0.15, 0.2) is 24.3 Å². The molecular formula is C14H24N2O. The average Bonchev–Trinajstić information content (AvgIpc) is 2.32. The van der Waals surface area contributed by atoms with E-state index >= 15 is 0 Å². The Kier molecular flexibility index (Phi) is 6.67. The summed E-state index contributed by atoms with van der Waals surface area (Å²) in [4.78, 5) is 0. The lowest BCUT2D eigenvalue weighted by molar-refractivity contribution is 0.340. The Bertz CT molecular complexity index is 298. The van der Waals surface area contributed by atoms with Crippen molar-refractivity contribution in [2.45, 2.75) is 38.6 Å². The number of benzene rings is 1. The summed E-state index contributed by atoms with van der Waals surface area (Å²) in [6.45, 7) is 3.45. The van der Waals surface area contributed by atoms with Gasteiger partial charge in [0.1, 0.15) is 5.75 Å². The van der Waals surface area contributed by atoms with E-state index in [9.17, 15) is 0 Å². The van der Waals surface area contributed by atoms with Gasteiger partial charge in [0.15, 0.2) is 0 Å². The molecule has 0 bridgehead atoms. The van der Waals surface area contributed by atoms with E-state index in [0.29, 0.717) is 6.61 Å². The van der Waals surface area contributed by atoms with Gasteiger partial charge in [0.2, 0.25) is 0 Å². The largest absolute Gasteiger partial charge is 0.494 e. The van der Waals surface area contributed by atoms with Crippen LogP contribution in [0.5, 0.6) is 5.75 Å². The molecule has 1 unspecified atom stereocenters. The molecule has 0 radical (unpaired) electrons. The monoisotopic (exact) mass is 236 g/mol. The minimum Gasteiger partial charge on any atom is -0.494 e. The van der Waals surface area contributed by atoms with Gasteiger partial charge < -0.3 is 16.2 Å². The lowest BCUT2D eigenvalue weighted by atomic mass is 10.0. The fourth-order valence-electron chi connectivity index (χ4n) is 1.84. The van der Waals surface area contributed by atoms with Gasteiger partial charge in [-0.2, -0.15) is 0 Å². The highest BCUT2D eigenvalue weighted by molar-refractivity contribution is 5.27. The van der Waals surface area contributed by atoms with Crippen molar-refractivity contribution in [2.75, 3.05) is 13.2 Å². The van der Waals surface area contributed by atoms with E-state index in [2.05, 4.69) is 12.1 Å². The molecule has 0 spiro atoms. The summed E-state index contributed by atoms with van der Waals surface area (Å²) < 4.78 is 5.40. The Morgan fingerprint density at radius 2 is 1.88 bits per heavy atom. The number of ether oxygens (including phenoxy) is 1. The normalized spacial score (nSPS) is 12.4. The molecule has 3 nitrogen and oxygen atoms in total. The van der Waals surface area contributed by atoms with Crippen molar-refractivity contribution in [3.63, 3.8) is 0 Å². The van der Waals surface area contributed by atoms with Crippen LogP contribution in [-0.2, 0) is 6.42 Å². The fourth-order valence-corrected chi connectivity index (χ4v) is 1.84. The minimum absolute atomic E-state index is 0.236. The second-order valence-electron chi connectivity index (χ2n) is 4.33. The molecule has 1 rings (SSSR count). The number of hydrogen-bond acceptors (Lipinski definition) is 3. The first-order chi connectivity index (χ1) is 8.26. The third-order valence-electron chi connectivity index (χ3n) is 2.76. The molecule has 0 heterocycles. The Balaban J connectivity index is 2.34. The Hall–Kier alpha value is -1.06. The summed E-state index contributed by atoms with van der Waals surface area (Å²) >= 11 is 0. The Labute approximate surface area is 104 Å². The summed E-state index contributed by atoms with van der Waals surface area (Å²) in [7, 11) is 0. The number of hydrogen-bond donors (Lipinski definition) is 2. The molecule has 1 atom stereocenters. The lowest BCUT2D eigenvalue weighted by Crippen LogP contribution is -2.22. The van der Waals surface area contributed by atoms with E-state index in [1.54, 1.807) is 0 Å². The SMILES string of the molecule is CCOc1ccc(CC(N)CCCCN)cc1. The quantitative estimate of drug-likeness (QED) is 0.679. The zero-order valence-corrected chi connectivity index (χ0v) is 10.7. The highest BCUT2D eigenvalue weighted by Crippen LogP contribution is 2.14. The van der Waals surface area contributed by atoms with Crippen LogP contribution in [0.1, 0.15) is 31.7 Å². The number of nitrogens with two attached hydrogens (primary N) is 2. The molecule has 96 valence electrons. The van der Waals surface area contributed by atoms with Crippen LogP contribution >= 0.6 is 0 Å². The molecule has 17 heavy (non-hydrogen) atoms. The van der Waals surface area contributed by atoms with Crippen molar-refractivity contribution in [1.29, 1.82) is 0 Å². The van der Waals surface area contributed by atoms with Crippen molar-refractivity contribution in [2.24, 2.45) is 11.5 Å². The molecule has 3 heteroatoms. The van der Waals surface area contributed by atoms with Crippen molar-refractivity contribution in [1.82, 2.24) is 0 Å². The maximum Gasteiger partial charge on any atom is 0.119 e. The first-order valence-electron chi connectivity index (χ1n) is 6.43. The first kappa shape index (κ1) is 14.0. The standard InChI is InChI=1S/C14H24N2O/c1-2-17-14-8-6-12(7-9-14)11-13(16)5-3-4-10-15/h6-9,13H,2-5,10-11,15-16H2,1H3. The summed E-state index contributed by atoms with van der Waals surface area (Å²) in [5, 5.41) is 0. The van der Waals surface area contributed by atoms with E-state index in [-0.39, 0.29) is 6.04 Å². The van der Waals surface area contributed by atoms with Gasteiger partial charge >= 0.3 is 0 Å². The molecule has 0 fully saturated rings. The van der Waals surface area contributed by atoms with Crippen molar-refractivity contribution in [3.8, 4) is 5.75 Å². The van der Waals surface area contributed by atoms with Crippen molar-refractivity contribution >= 4 is 0 Å². The number of unbranched alkanes of at least 4 members (excludes halogenated alkanes) is 1. The van der Waals surface area contributed by atoms with Crippen LogP contribution in [-0.4, -0.2) is 19.2 Å². The first-order valence-corrected chi connectivity index (χ1v) is 6.43. The third-order valence-corrected chi connectivity index (χ3v) is 2.76. The second kappa shape index (κ2) is 8.09. The minimum atomic E-state index is 0.236. The molecule has 0 aliphatic carbocycles. The van der Waals surface area contributed by atoms with Gasteiger partial charge in [-0.1, -0.05) is 18.6 Å². The molecule has 1 aromatic carbocycles. The zero-order valence-electron chi connectivity index (χ0n) is 10.7. The van der Waals surface area contributed by atoms with Crippen LogP contribution < -0.4 is 16.2 Å². The molecular weight excluding hydrogens is 212 g/mol. The van der Waals surface area contributed by atoms with Gasteiger partial charge in [0, 0.05) is 6.04 Å². The predicted octanol–water partition coefficient (Wildman–Crippen LogP) is 2.08. The van der Waals surface area contributed by atoms with Crippen LogP contribution in [0.3, 0.4) is 0 Å². The molecule has 0 amide bonds. The smallest absolute Gasteiger partial charge is 0.119 e. The molecule has 0 aliphatic heterocycles. The maximum absolute atomic E-state index is 6.07. The van der Waals surface area contributed by atoms with Gasteiger partial charge in [-0.3, -0.25) is 0 Å². The van der Waals surface area contributed by atoms with E-state index < -0.39 is 0 Å². The zero-order chi connectivity index (χ0) is 12.5. The Morgan fingerprint density at radius 1 is 1.18 bits per heavy atom. The van der Waals surface area contributed by atoms with Gasteiger partial charge in [-0.05, 0) is 50.4 Å². The summed E-state index contributed by atoms with van der Waals surface area (Å²) in [5.74, 6) is 0.924. The third kappa shape index (κ3) is 5.71. The summed E-state index contributed by atoms with van der Waals surface area (Å²) in [6.07, 6.45) is 4.16. The molecule has 0 saturated heterocycles. The van der Waals surface area contributed by atoms with Gasteiger partial charge in [0.05, 0.1) is 6.61 Å². The van der Waals surface area contributed by atoms with Gasteiger partial charge in [-0.25, -0.2) is 0 Å². The highest BCUT2D eigenvalue weighted by atomic mass is 16.5. The molecule has 0 aliphatic rings. The molecule has 4 N–H and O–H groups in total. The fraction of sp³-hybridized carbons (Fsp3) is 0.571. The number of rotatable bonds is 8. The summed E-state index contributed by atoms with van der Waals surface area (Å²) in [6, 6.07) is 8.43. The van der Waals surface area contributed by atoms with E-state index in [1.807, 2.05) is 19.1 Å². The molecule has 0 saturated carbocycles. The maximum atomic E-state index is 6.07. The molecule has 0 aromatic heterocycles. The van der Waals surface area contributed by atoms with Crippen molar-refractivity contribution < 1.29 is 4.74 Å². The molecule has 1 aromatic rings. The highest BCUT2D eigenvalue weighted by Gasteiger charge is 2.04. The van der Waals surface area contributed by atoms with Crippen LogP contribution in [0.25, 0.3) is 0 Å². The van der Waals surface area contributed by atoms with E-state index in [4.69, 9.17) is 16.2 Å². The Morgan fingerprint density at radius 3 is 2.47 bits per heavy atom. The lowest BCUT2D eigenvalue weighted by Gasteiger charge is -2.11. The average molecular weight is 236 g/mol. The second-order valence-corrected chi connectivity index (χ2v) is 4.33. The van der Waals surface area contributed by atoms with E-state index in [0.717, 1.165) is 38.0 Å². The topological polar surface area (TPSA) is 61.3 Å². The van der Waals surface area contributed by atoms with Crippen LogP contribution in [0.2, 0.25) is 0 Å². The summed E-state index contributed by atoms with van der Waals surface area (Å²) in [5.41, 5.74) is 12.8. The van der Waals surface area contributed by atoms with Crippen LogP contribution in [0, 0.1) is 0 Å². The van der Waals surface area contributed by atoms with E-state index in [1.165, 1.54) is 5.56 Å². The van der Waals surface area contributed by atoms with Crippen LogP contribution in [0.4, 0.5) is 0 Å².